The van der Waals surface area contributed by atoms with Crippen molar-refractivity contribution in [1.82, 2.24) is 4.90 Å². The van der Waals surface area contributed by atoms with Gasteiger partial charge in [-0.15, -0.1) is 0 Å². The van der Waals surface area contributed by atoms with E-state index in [4.69, 9.17) is 4.74 Å². The van der Waals surface area contributed by atoms with Crippen LogP contribution in [0, 0.1) is 0 Å². The number of benzene rings is 3. The van der Waals surface area contributed by atoms with Gasteiger partial charge in [-0.05, 0) is 55.3 Å². The van der Waals surface area contributed by atoms with Crippen LogP contribution in [0.1, 0.15) is 42.8 Å². The second-order valence-corrected chi connectivity index (χ2v) is 9.02. The van der Waals surface area contributed by atoms with E-state index in [0.717, 1.165) is 15.2 Å². The normalized spacial score (nSPS) is 21.5. The van der Waals surface area contributed by atoms with Crippen LogP contribution in [0.25, 0.3) is 10.8 Å². The van der Waals surface area contributed by atoms with Crippen molar-refractivity contribution in [3.05, 3.63) is 82.3 Å². The minimum Gasteiger partial charge on any atom is -0.438 e. The lowest BCUT2D eigenvalue weighted by molar-refractivity contribution is -0.151. The molecule has 0 saturated carbocycles. The molecule has 0 aliphatic carbocycles. The van der Waals surface area contributed by atoms with Gasteiger partial charge in [-0.3, -0.25) is 9.69 Å². The van der Waals surface area contributed by atoms with Crippen molar-refractivity contribution in [3.8, 4) is 0 Å². The summed E-state index contributed by atoms with van der Waals surface area (Å²) < 4.78 is 6.36. The molecule has 6 heteroatoms. The number of aliphatic hydroxyl groups is 1. The van der Waals surface area contributed by atoms with Crippen LogP contribution in [0.15, 0.2) is 71.2 Å². The summed E-state index contributed by atoms with van der Waals surface area (Å²) in [6, 6.07) is 20.1. The van der Waals surface area contributed by atoms with Gasteiger partial charge in [0.1, 0.15) is 6.10 Å². The quantitative estimate of drug-likeness (QED) is 0.560. The van der Waals surface area contributed by atoms with Gasteiger partial charge < -0.3 is 9.84 Å². The van der Waals surface area contributed by atoms with E-state index in [1.165, 1.54) is 4.90 Å². The maximum absolute atomic E-state index is 13.8. The lowest BCUT2D eigenvalue weighted by Crippen LogP contribution is -2.58. The zero-order chi connectivity index (χ0) is 21.7. The predicted molar refractivity (Wildman–Crippen MR) is 118 cm³/mol. The predicted octanol–water partition coefficient (Wildman–Crippen LogP) is 4.83. The molecule has 1 aliphatic rings. The van der Waals surface area contributed by atoms with Crippen molar-refractivity contribution in [2.75, 3.05) is 0 Å². The van der Waals surface area contributed by atoms with Crippen LogP contribution in [0.2, 0.25) is 0 Å². The maximum Gasteiger partial charge on any atom is 0.337 e. The summed E-state index contributed by atoms with van der Waals surface area (Å²) >= 11 is 3.39. The highest BCUT2D eigenvalue weighted by atomic mass is 79.9. The Morgan fingerprint density at radius 1 is 1.03 bits per heavy atom. The first kappa shape index (κ1) is 20.6. The number of hydrogen-bond donors (Lipinski definition) is 1. The molecule has 0 radical (unpaired) electrons. The Bertz CT molecular complexity index is 1150. The van der Waals surface area contributed by atoms with Gasteiger partial charge in [0.25, 0.3) is 5.91 Å². The average molecular weight is 468 g/mol. The standard InChI is InChI=1S/C24H22BrNO4/c1-23(2)26(21(28)19-13-7-9-15-8-4-5-12-18(15)19)24(3,22(29)30-23)20(27)16-10-6-11-17(25)14-16/h4-14,20,27H,1-3H3/t20-,24-/m1/s1. The second kappa shape index (κ2) is 7.22. The monoisotopic (exact) mass is 467 g/mol. The van der Waals surface area contributed by atoms with Gasteiger partial charge >= 0.3 is 5.97 Å². The first-order valence-electron chi connectivity index (χ1n) is 9.65. The van der Waals surface area contributed by atoms with Crippen LogP contribution in [-0.2, 0) is 9.53 Å². The van der Waals surface area contributed by atoms with E-state index >= 15 is 0 Å². The molecular weight excluding hydrogens is 446 g/mol. The molecule has 0 spiro atoms. The molecule has 3 aromatic carbocycles. The summed E-state index contributed by atoms with van der Waals surface area (Å²) in [6.45, 7) is 4.87. The number of carbonyl (C=O) groups is 2. The van der Waals surface area contributed by atoms with E-state index in [0.29, 0.717) is 11.1 Å². The van der Waals surface area contributed by atoms with Crippen LogP contribution in [0.5, 0.6) is 0 Å². The van der Waals surface area contributed by atoms with Gasteiger partial charge in [-0.1, -0.05) is 64.5 Å². The molecule has 1 fully saturated rings. The molecule has 2 atom stereocenters. The fraction of sp³-hybridized carbons (Fsp3) is 0.250. The SMILES string of the molecule is CC1(C)OC(=O)[C@@](C)([C@H](O)c2cccc(Br)c2)N1C(=O)c1cccc2ccccc12. The molecule has 5 nitrogen and oxygen atoms in total. The molecule has 1 N–H and O–H groups in total. The van der Waals surface area contributed by atoms with Gasteiger partial charge in [0.2, 0.25) is 0 Å². The minimum atomic E-state index is -1.60. The van der Waals surface area contributed by atoms with Crippen molar-refractivity contribution >= 4 is 38.6 Å². The Morgan fingerprint density at radius 3 is 2.43 bits per heavy atom. The number of fused-ring (bicyclic) bond motifs is 1. The van der Waals surface area contributed by atoms with Crippen molar-refractivity contribution in [3.63, 3.8) is 0 Å². The van der Waals surface area contributed by atoms with E-state index in [1.54, 1.807) is 45.0 Å². The highest BCUT2D eigenvalue weighted by molar-refractivity contribution is 9.10. The fourth-order valence-electron chi connectivity index (χ4n) is 4.25. The van der Waals surface area contributed by atoms with E-state index in [-0.39, 0.29) is 5.91 Å². The highest BCUT2D eigenvalue weighted by Crippen LogP contribution is 2.45. The van der Waals surface area contributed by atoms with Crippen molar-refractivity contribution in [2.45, 2.75) is 38.1 Å². The van der Waals surface area contributed by atoms with Gasteiger partial charge in [-0.25, -0.2) is 4.79 Å². The molecule has 4 rings (SSSR count). The summed E-state index contributed by atoms with van der Waals surface area (Å²) in [5.74, 6) is -1.02. The van der Waals surface area contributed by atoms with Crippen LogP contribution in [-0.4, -0.2) is 33.1 Å². The summed E-state index contributed by atoms with van der Waals surface area (Å²) in [6.07, 6.45) is -1.27. The number of carbonyl (C=O) groups excluding carboxylic acids is 2. The van der Waals surface area contributed by atoms with Crippen LogP contribution in [0.3, 0.4) is 0 Å². The number of esters is 1. The Morgan fingerprint density at radius 2 is 1.70 bits per heavy atom. The Hall–Kier alpha value is -2.70. The van der Waals surface area contributed by atoms with Crippen LogP contribution >= 0.6 is 15.9 Å². The molecule has 0 bridgehead atoms. The van der Waals surface area contributed by atoms with E-state index in [2.05, 4.69) is 15.9 Å². The first-order chi connectivity index (χ1) is 14.2. The molecule has 1 heterocycles. The largest absolute Gasteiger partial charge is 0.438 e. The van der Waals surface area contributed by atoms with Gasteiger partial charge in [0, 0.05) is 10.0 Å². The summed E-state index contributed by atoms with van der Waals surface area (Å²) in [7, 11) is 0. The third-order valence-electron chi connectivity index (χ3n) is 5.68. The van der Waals surface area contributed by atoms with E-state index < -0.39 is 23.3 Å². The van der Waals surface area contributed by atoms with Crippen molar-refractivity contribution in [1.29, 1.82) is 0 Å². The van der Waals surface area contributed by atoms with Crippen LogP contribution in [0.4, 0.5) is 0 Å². The smallest absolute Gasteiger partial charge is 0.337 e. The van der Waals surface area contributed by atoms with Crippen molar-refractivity contribution in [2.24, 2.45) is 0 Å². The lowest BCUT2D eigenvalue weighted by atomic mass is 9.86. The average Bonchev–Trinajstić information content (AvgIpc) is 2.90. The number of nitrogens with zero attached hydrogens (tertiary/aromatic N) is 1. The van der Waals surface area contributed by atoms with Crippen LogP contribution < -0.4 is 0 Å². The zero-order valence-corrected chi connectivity index (χ0v) is 18.5. The van der Waals surface area contributed by atoms with Gasteiger partial charge in [-0.2, -0.15) is 0 Å². The molecule has 3 aromatic rings. The fourth-order valence-corrected chi connectivity index (χ4v) is 4.67. The van der Waals surface area contributed by atoms with Crippen molar-refractivity contribution < 1.29 is 19.4 Å². The number of rotatable bonds is 3. The number of amides is 1. The van der Waals surface area contributed by atoms with Gasteiger partial charge in [0.15, 0.2) is 11.3 Å². The zero-order valence-electron chi connectivity index (χ0n) is 16.9. The molecule has 1 aliphatic heterocycles. The number of cyclic esters (lactones) is 1. The van der Waals surface area contributed by atoms with E-state index in [9.17, 15) is 14.7 Å². The number of ether oxygens (including phenoxy) is 1. The summed E-state index contributed by atoms with van der Waals surface area (Å²) in [5.41, 5.74) is -1.87. The van der Waals surface area contributed by atoms with E-state index in [1.807, 2.05) is 42.5 Å². The summed E-state index contributed by atoms with van der Waals surface area (Å²) in [5, 5.41) is 13.0. The third-order valence-corrected chi connectivity index (χ3v) is 6.17. The molecule has 154 valence electrons. The topological polar surface area (TPSA) is 66.8 Å². The van der Waals surface area contributed by atoms with Gasteiger partial charge in [0.05, 0.1) is 0 Å². The number of hydrogen-bond acceptors (Lipinski definition) is 4. The number of halogens is 1. The third kappa shape index (κ3) is 3.11. The highest BCUT2D eigenvalue weighted by Gasteiger charge is 2.62. The molecule has 0 aromatic heterocycles. The minimum absolute atomic E-state index is 0.376. The Balaban J connectivity index is 1.86. The Labute approximate surface area is 183 Å². The lowest BCUT2D eigenvalue weighted by Gasteiger charge is -2.40. The molecular formula is C24H22BrNO4. The molecule has 1 saturated heterocycles. The first-order valence-corrected chi connectivity index (χ1v) is 10.4. The Kier molecular flexibility index (Phi) is 4.95. The number of aliphatic hydroxyl groups excluding tert-OH is 1. The maximum atomic E-state index is 13.8. The summed E-state index contributed by atoms with van der Waals surface area (Å²) in [4.78, 5) is 28.2. The second-order valence-electron chi connectivity index (χ2n) is 8.11. The molecule has 30 heavy (non-hydrogen) atoms. The molecule has 1 amide bonds. The molecule has 0 unspecified atom stereocenters.